The minimum atomic E-state index is 0.452. The molecular formula is C12H13BrN2OS. The van der Waals surface area contributed by atoms with Gasteiger partial charge < -0.3 is 10.5 Å². The number of hydrogen-bond donors (Lipinski definition) is 1. The molecule has 2 rings (SSSR count). The molecule has 0 saturated heterocycles. The first-order valence-corrected chi connectivity index (χ1v) is 6.94. The van der Waals surface area contributed by atoms with Crippen LogP contribution < -0.4 is 10.5 Å². The Hall–Kier alpha value is -0.910. The van der Waals surface area contributed by atoms with Crippen molar-refractivity contribution < 1.29 is 4.74 Å². The van der Waals surface area contributed by atoms with Crippen molar-refractivity contribution in [3.8, 4) is 16.3 Å². The van der Waals surface area contributed by atoms with Gasteiger partial charge in [0, 0.05) is 12.1 Å². The van der Waals surface area contributed by atoms with Crippen LogP contribution in [0.5, 0.6) is 5.75 Å². The maximum atomic E-state index is 5.60. The van der Waals surface area contributed by atoms with E-state index in [0.29, 0.717) is 13.2 Å². The molecule has 2 aromatic rings. The molecule has 90 valence electrons. The van der Waals surface area contributed by atoms with Crippen LogP contribution in [0.4, 0.5) is 0 Å². The van der Waals surface area contributed by atoms with Gasteiger partial charge in [0.25, 0.3) is 0 Å². The normalized spacial score (nSPS) is 10.5. The van der Waals surface area contributed by atoms with Crippen molar-refractivity contribution >= 4 is 27.3 Å². The molecule has 3 nitrogen and oxygen atoms in total. The van der Waals surface area contributed by atoms with Crippen LogP contribution in [0.15, 0.2) is 28.1 Å². The van der Waals surface area contributed by atoms with Gasteiger partial charge >= 0.3 is 0 Å². The first-order chi connectivity index (χ1) is 8.24. The van der Waals surface area contributed by atoms with Crippen molar-refractivity contribution in [2.75, 3.05) is 6.61 Å². The van der Waals surface area contributed by atoms with Crippen molar-refractivity contribution in [1.29, 1.82) is 0 Å². The summed E-state index contributed by atoms with van der Waals surface area (Å²) in [6.07, 6.45) is 0. The van der Waals surface area contributed by atoms with Gasteiger partial charge in [-0.15, -0.1) is 11.3 Å². The van der Waals surface area contributed by atoms with Gasteiger partial charge in [-0.3, -0.25) is 0 Å². The molecule has 1 aromatic heterocycles. The largest absolute Gasteiger partial charge is 0.494 e. The number of rotatable bonds is 4. The Morgan fingerprint density at radius 1 is 1.35 bits per heavy atom. The van der Waals surface area contributed by atoms with Crippen LogP contribution in [-0.4, -0.2) is 11.6 Å². The van der Waals surface area contributed by atoms with E-state index < -0.39 is 0 Å². The molecule has 17 heavy (non-hydrogen) atoms. The maximum absolute atomic E-state index is 5.60. The summed E-state index contributed by atoms with van der Waals surface area (Å²) in [7, 11) is 0. The van der Waals surface area contributed by atoms with Crippen molar-refractivity contribution in [2.45, 2.75) is 13.5 Å². The number of nitrogens with two attached hydrogens (primary N) is 1. The lowest BCUT2D eigenvalue weighted by atomic mass is 10.2. The van der Waals surface area contributed by atoms with Crippen molar-refractivity contribution in [1.82, 2.24) is 4.98 Å². The van der Waals surface area contributed by atoms with E-state index in [9.17, 15) is 0 Å². The topological polar surface area (TPSA) is 48.1 Å². The average molecular weight is 313 g/mol. The second-order valence-electron chi connectivity index (χ2n) is 3.40. The van der Waals surface area contributed by atoms with Crippen molar-refractivity contribution in [3.63, 3.8) is 0 Å². The van der Waals surface area contributed by atoms with Crippen LogP contribution in [0.25, 0.3) is 10.6 Å². The monoisotopic (exact) mass is 312 g/mol. The van der Waals surface area contributed by atoms with Gasteiger partial charge in [-0.05, 0) is 47.1 Å². The number of halogens is 1. The van der Waals surface area contributed by atoms with Crippen LogP contribution in [0.3, 0.4) is 0 Å². The molecule has 0 amide bonds. The third-order valence-corrected chi connectivity index (χ3v) is 4.13. The Kier molecular flexibility index (Phi) is 4.15. The Labute approximate surface area is 113 Å². The van der Waals surface area contributed by atoms with Crippen LogP contribution in [0, 0.1) is 0 Å². The Balaban J connectivity index is 2.26. The second-order valence-corrected chi connectivity index (χ2v) is 5.72. The Morgan fingerprint density at radius 3 is 2.59 bits per heavy atom. The molecule has 0 aliphatic carbocycles. The molecule has 0 atom stereocenters. The number of benzene rings is 1. The van der Waals surface area contributed by atoms with E-state index in [0.717, 1.165) is 25.8 Å². The lowest BCUT2D eigenvalue weighted by Crippen LogP contribution is -1.96. The third-order valence-electron chi connectivity index (χ3n) is 2.26. The molecule has 0 spiro atoms. The molecular weight excluding hydrogens is 300 g/mol. The molecule has 0 fully saturated rings. The van der Waals surface area contributed by atoms with E-state index >= 15 is 0 Å². The number of ether oxygens (including phenoxy) is 1. The van der Waals surface area contributed by atoms with Gasteiger partial charge in [0.2, 0.25) is 0 Å². The number of nitrogens with zero attached hydrogens (tertiary/aromatic N) is 1. The highest BCUT2D eigenvalue weighted by atomic mass is 79.9. The first kappa shape index (κ1) is 12.5. The quantitative estimate of drug-likeness (QED) is 0.941. The van der Waals surface area contributed by atoms with Crippen molar-refractivity contribution in [2.24, 2.45) is 5.73 Å². The Bertz CT molecular complexity index is 496. The third kappa shape index (κ3) is 2.86. The summed E-state index contributed by atoms with van der Waals surface area (Å²) in [5.41, 5.74) is 7.58. The minimum absolute atomic E-state index is 0.452. The summed E-state index contributed by atoms with van der Waals surface area (Å²) in [5, 5.41) is 0.973. The summed E-state index contributed by atoms with van der Waals surface area (Å²) in [4.78, 5) is 4.48. The minimum Gasteiger partial charge on any atom is -0.494 e. The summed E-state index contributed by atoms with van der Waals surface area (Å²) in [6.45, 7) is 3.10. The smallest absolute Gasteiger partial charge is 0.124 e. The van der Waals surface area contributed by atoms with Crippen LogP contribution in [-0.2, 0) is 6.54 Å². The molecule has 0 aliphatic heterocycles. The summed E-state index contributed by atoms with van der Waals surface area (Å²) in [5.74, 6) is 0.880. The highest BCUT2D eigenvalue weighted by Gasteiger charge is 2.09. The highest BCUT2D eigenvalue weighted by molar-refractivity contribution is 9.11. The van der Waals surface area contributed by atoms with Gasteiger partial charge in [-0.1, -0.05) is 0 Å². The highest BCUT2D eigenvalue weighted by Crippen LogP contribution is 2.32. The molecule has 1 aromatic carbocycles. The summed E-state index contributed by atoms with van der Waals surface area (Å²) in [6, 6.07) is 7.93. The molecule has 0 unspecified atom stereocenters. The fraction of sp³-hybridized carbons (Fsp3) is 0.250. The Morgan fingerprint density at radius 2 is 2.06 bits per heavy atom. The summed E-state index contributed by atoms with van der Waals surface area (Å²) >= 11 is 5.06. The average Bonchev–Trinajstić information content (AvgIpc) is 2.72. The predicted octanol–water partition coefficient (Wildman–Crippen LogP) is 3.43. The van der Waals surface area contributed by atoms with Crippen LogP contribution >= 0.6 is 27.3 Å². The zero-order chi connectivity index (χ0) is 12.3. The zero-order valence-corrected chi connectivity index (χ0v) is 11.8. The van der Waals surface area contributed by atoms with Gasteiger partial charge in [-0.2, -0.15) is 0 Å². The van der Waals surface area contributed by atoms with E-state index in [1.165, 1.54) is 0 Å². The number of hydrogen-bond acceptors (Lipinski definition) is 4. The molecule has 2 N–H and O–H groups in total. The molecule has 5 heteroatoms. The second kappa shape index (κ2) is 5.62. The fourth-order valence-corrected chi connectivity index (χ4v) is 2.98. The van der Waals surface area contributed by atoms with Crippen LogP contribution in [0.2, 0.25) is 0 Å². The SMILES string of the molecule is CCOc1ccc(-c2nc(CN)c(Br)s2)cc1. The van der Waals surface area contributed by atoms with Gasteiger partial charge in [-0.25, -0.2) is 4.98 Å². The lowest BCUT2D eigenvalue weighted by Gasteiger charge is -2.02. The molecule has 0 aliphatic rings. The van der Waals surface area contributed by atoms with E-state index in [-0.39, 0.29) is 0 Å². The van der Waals surface area contributed by atoms with Gasteiger partial charge in [0.15, 0.2) is 0 Å². The van der Waals surface area contributed by atoms with Gasteiger partial charge in [0.1, 0.15) is 10.8 Å². The maximum Gasteiger partial charge on any atom is 0.124 e. The number of thiazole rings is 1. The standard InChI is InChI=1S/C12H13BrN2OS/c1-2-16-9-5-3-8(4-6-9)12-15-10(7-14)11(13)17-12/h3-6H,2,7,14H2,1H3. The van der Waals surface area contributed by atoms with Crippen LogP contribution in [0.1, 0.15) is 12.6 Å². The molecule has 0 bridgehead atoms. The lowest BCUT2D eigenvalue weighted by molar-refractivity contribution is 0.340. The van der Waals surface area contributed by atoms with E-state index in [1.807, 2.05) is 31.2 Å². The van der Waals surface area contributed by atoms with E-state index in [2.05, 4.69) is 20.9 Å². The molecule has 0 radical (unpaired) electrons. The zero-order valence-electron chi connectivity index (χ0n) is 9.44. The fourth-order valence-electron chi connectivity index (χ4n) is 1.44. The van der Waals surface area contributed by atoms with E-state index in [4.69, 9.17) is 10.5 Å². The van der Waals surface area contributed by atoms with Gasteiger partial charge in [0.05, 0.1) is 16.1 Å². The molecule has 0 saturated carbocycles. The summed E-state index contributed by atoms with van der Waals surface area (Å²) < 4.78 is 6.40. The molecule has 1 heterocycles. The predicted molar refractivity (Wildman–Crippen MR) is 74.3 cm³/mol. The van der Waals surface area contributed by atoms with E-state index in [1.54, 1.807) is 11.3 Å². The van der Waals surface area contributed by atoms with Crippen molar-refractivity contribution in [3.05, 3.63) is 33.7 Å². The number of aromatic nitrogens is 1. The first-order valence-electron chi connectivity index (χ1n) is 5.33.